The highest BCUT2D eigenvalue weighted by atomic mass is 16.5. The molecule has 0 aliphatic heterocycles. The number of nitrogens with two attached hydrogens (primary N) is 1. The summed E-state index contributed by atoms with van der Waals surface area (Å²) in [5.74, 6) is 0.858. The largest absolute Gasteiger partial charge is 0.489 e. The smallest absolute Gasteiger partial charge is 0.119 e. The van der Waals surface area contributed by atoms with Gasteiger partial charge in [0.05, 0.1) is 5.52 Å². The second kappa shape index (κ2) is 5.21. The summed E-state index contributed by atoms with van der Waals surface area (Å²) >= 11 is 0. The van der Waals surface area contributed by atoms with Crippen molar-refractivity contribution in [2.75, 3.05) is 5.73 Å². The molecule has 0 unspecified atom stereocenters. The fourth-order valence-corrected chi connectivity index (χ4v) is 2.17. The minimum absolute atomic E-state index is 0.483. The number of hydrogen-bond acceptors (Lipinski definition) is 3. The minimum Gasteiger partial charge on any atom is -0.489 e. The Morgan fingerprint density at radius 3 is 2.65 bits per heavy atom. The lowest BCUT2D eigenvalue weighted by molar-refractivity contribution is 0.307. The SMILES string of the molecule is Cc1ccc(OCc2ccc(N)c3cccnc23)cc1. The molecule has 2 N–H and O–H groups in total. The van der Waals surface area contributed by atoms with E-state index in [1.165, 1.54) is 5.56 Å². The predicted molar refractivity (Wildman–Crippen MR) is 81.7 cm³/mol. The molecule has 0 atom stereocenters. The van der Waals surface area contributed by atoms with E-state index in [1.807, 2.05) is 48.5 Å². The Kier molecular flexibility index (Phi) is 3.25. The van der Waals surface area contributed by atoms with Gasteiger partial charge in [-0.15, -0.1) is 0 Å². The first-order chi connectivity index (χ1) is 9.74. The van der Waals surface area contributed by atoms with Crippen LogP contribution >= 0.6 is 0 Å². The summed E-state index contributed by atoms with van der Waals surface area (Å²) in [6.45, 7) is 2.54. The molecule has 0 saturated carbocycles. The molecule has 20 heavy (non-hydrogen) atoms. The monoisotopic (exact) mass is 264 g/mol. The maximum absolute atomic E-state index is 5.97. The van der Waals surface area contributed by atoms with Crippen molar-refractivity contribution in [1.29, 1.82) is 0 Å². The van der Waals surface area contributed by atoms with Crippen molar-refractivity contribution < 1.29 is 4.74 Å². The number of nitrogens with zero attached hydrogens (tertiary/aromatic N) is 1. The Morgan fingerprint density at radius 1 is 1.05 bits per heavy atom. The topological polar surface area (TPSA) is 48.1 Å². The second-order valence-corrected chi connectivity index (χ2v) is 4.82. The predicted octanol–water partition coefficient (Wildman–Crippen LogP) is 3.70. The molecule has 3 aromatic rings. The van der Waals surface area contributed by atoms with E-state index >= 15 is 0 Å². The lowest BCUT2D eigenvalue weighted by Crippen LogP contribution is -1.99. The highest BCUT2D eigenvalue weighted by molar-refractivity contribution is 5.92. The van der Waals surface area contributed by atoms with Gasteiger partial charge in [0.2, 0.25) is 0 Å². The third-order valence-corrected chi connectivity index (χ3v) is 3.30. The molecule has 1 aromatic heterocycles. The number of anilines is 1. The summed E-state index contributed by atoms with van der Waals surface area (Å²) in [4.78, 5) is 4.41. The molecular formula is C17H16N2O. The lowest BCUT2D eigenvalue weighted by atomic mass is 10.1. The van der Waals surface area contributed by atoms with E-state index in [2.05, 4.69) is 11.9 Å². The summed E-state index contributed by atoms with van der Waals surface area (Å²) in [6.07, 6.45) is 1.77. The number of aromatic nitrogens is 1. The number of aryl methyl sites for hydroxylation is 1. The van der Waals surface area contributed by atoms with Crippen molar-refractivity contribution in [3.8, 4) is 5.75 Å². The number of ether oxygens (including phenoxy) is 1. The fraction of sp³-hybridized carbons (Fsp3) is 0.118. The van der Waals surface area contributed by atoms with E-state index in [-0.39, 0.29) is 0 Å². The molecular weight excluding hydrogens is 248 g/mol. The zero-order valence-electron chi connectivity index (χ0n) is 11.3. The van der Waals surface area contributed by atoms with Crippen molar-refractivity contribution >= 4 is 16.6 Å². The molecule has 3 nitrogen and oxygen atoms in total. The van der Waals surface area contributed by atoms with Gasteiger partial charge in [0, 0.05) is 22.8 Å². The Labute approximate surface area is 118 Å². The third-order valence-electron chi connectivity index (χ3n) is 3.30. The normalized spacial score (nSPS) is 10.7. The Balaban J connectivity index is 1.88. The van der Waals surface area contributed by atoms with E-state index < -0.39 is 0 Å². The Morgan fingerprint density at radius 2 is 1.85 bits per heavy atom. The molecule has 0 aliphatic carbocycles. The van der Waals surface area contributed by atoms with Gasteiger partial charge >= 0.3 is 0 Å². The van der Waals surface area contributed by atoms with Crippen LogP contribution in [0.15, 0.2) is 54.7 Å². The van der Waals surface area contributed by atoms with Crippen LogP contribution in [0.4, 0.5) is 5.69 Å². The molecule has 0 bridgehead atoms. The van der Waals surface area contributed by atoms with Gasteiger partial charge in [-0.3, -0.25) is 4.98 Å². The van der Waals surface area contributed by atoms with Crippen LogP contribution in [-0.2, 0) is 6.61 Å². The molecule has 0 amide bonds. The summed E-state index contributed by atoms with van der Waals surface area (Å²) in [6, 6.07) is 15.8. The Bertz CT molecular complexity index is 736. The fourth-order valence-electron chi connectivity index (χ4n) is 2.17. The van der Waals surface area contributed by atoms with E-state index in [4.69, 9.17) is 10.5 Å². The van der Waals surface area contributed by atoms with Crippen LogP contribution in [0.3, 0.4) is 0 Å². The number of rotatable bonds is 3. The average Bonchev–Trinajstić information content (AvgIpc) is 2.49. The number of benzene rings is 2. The third kappa shape index (κ3) is 2.43. The molecule has 1 heterocycles. The maximum atomic E-state index is 5.97. The van der Waals surface area contributed by atoms with E-state index in [9.17, 15) is 0 Å². The highest BCUT2D eigenvalue weighted by Gasteiger charge is 2.05. The first-order valence-corrected chi connectivity index (χ1v) is 6.55. The van der Waals surface area contributed by atoms with Gasteiger partial charge in [-0.2, -0.15) is 0 Å². The second-order valence-electron chi connectivity index (χ2n) is 4.82. The molecule has 0 fully saturated rings. The first kappa shape index (κ1) is 12.5. The lowest BCUT2D eigenvalue weighted by Gasteiger charge is -2.10. The number of pyridine rings is 1. The van der Waals surface area contributed by atoms with E-state index in [1.54, 1.807) is 6.20 Å². The molecule has 3 heteroatoms. The Hall–Kier alpha value is -2.55. The number of hydrogen-bond donors (Lipinski definition) is 1. The molecule has 3 rings (SSSR count). The van der Waals surface area contributed by atoms with Crippen LogP contribution in [0.5, 0.6) is 5.75 Å². The molecule has 100 valence electrons. The number of fused-ring (bicyclic) bond motifs is 1. The molecule has 0 spiro atoms. The summed E-state index contributed by atoms with van der Waals surface area (Å²) in [5.41, 5.74) is 9.87. The van der Waals surface area contributed by atoms with Crippen LogP contribution in [0.2, 0.25) is 0 Å². The quantitative estimate of drug-likeness (QED) is 0.734. The number of nitrogen functional groups attached to an aromatic ring is 1. The standard InChI is InChI=1S/C17H16N2O/c1-12-4-7-14(8-5-12)20-11-13-6-9-16(18)15-3-2-10-19-17(13)15/h2-10H,11,18H2,1H3. The summed E-state index contributed by atoms with van der Waals surface area (Å²) in [7, 11) is 0. The van der Waals surface area contributed by atoms with Crippen LogP contribution in [0.25, 0.3) is 10.9 Å². The van der Waals surface area contributed by atoms with Crippen LogP contribution in [0.1, 0.15) is 11.1 Å². The van der Waals surface area contributed by atoms with Crippen molar-refractivity contribution in [2.24, 2.45) is 0 Å². The van der Waals surface area contributed by atoms with E-state index in [0.29, 0.717) is 6.61 Å². The maximum Gasteiger partial charge on any atom is 0.119 e. The van der Waals surface area contributed by atoms with Gasteiger partial charge in [0.25, 0.3) is 0 Å². The van der Waals surface area contributed by atoms with E-state index in [0.717, 1.165) is 27.9 Å². The van der Waals surface area contributed by atoms with Gasteiger partial charge in [-0.25, -0.2) is 0 Å². The van der Waals surface area contributed by atoms with Crippen molar-refractivity contribution in [3.63, 3.8) is 0 Å². The van der Waals surface area contributed by atoms with Gasteiger partial charge in [-0.05, 0) is 37.3 Å². The molecule has 0 radical (unpaired) electrons. The molecule has 0 aliphatic rings. The van der Waals surface area contributed by atoms with Crippen molar-refractivity contribution in [1.82, 2.24) is 4.98 Å². The zero-order valence-corrected chi connectivity index (χ0v) is 11.3. The van der Waals surface area contributed by atoms with Crippen LogP contribution < -0.4 is 10.5 Å². The first-order valence-electron chi connectivity index (χ1n) is 6.55. The van der Waals surface area contributed by atoms with Crippen molar-refractivity contribution in [3.05, 3.63) is 65.9 Å². The molecule has 2 aromatic carbocycles. The van der Waals surface area contributed by atoms with Gasteiger partial charge in [0.1, 0.15) is 12.4 Å². The average molecular weight is 264 g/mol. The summed E-state index contributed by atoms with van der Waals surface area (Å²) in [5, 5.41) is 0.970. The van der Waals surface area contributed by atoms with Crippen LogP contribution in [-0.4, -0.2) is 4.98 Å². The molecule has 0 saturated heterocycles. The van der Waals surface area contributed by atoms with Gasteiger partial charge in [0.15, 0.2) is 0 Å². The van der Waals surface area contributed by atoms with Crippen molar-refractivity contribution in [2.45, 2.75) is 13.5 Å². The van der Waals surface area contributed by atoms with Gasteiger partial charge < -0.3 is 10.5 Å². The van der Waals surface area contributed by atoms with Gasteiger partial charge in [-0.1, -0.05) is 23.8 Å². The highest BCUT2D eigenvalue weighted by Crippen LogP contribution is 2.23. The van der Waals surface area contributed by atoms with Crippen LogP contribution in [0, 0.1) is 6.92 Å². The summed E-state index contributed by atoms with van der Waals surface area (Å²) < 4.78 is 5.81. The minimum atomic E-state index is 0.483. The zero-order chi connectivity index (χ0) is 13.9.